The Labute approximate surface area is 120 Å². The molecule has 0 saturated carbocycles. The second kappa shape index (κ2) is 7.16. The number of benzene rings is 1. The molecular weight excluding hydrogens is 314 g/mol. The summed E-state index contributed by atoms with van der Waals surface area (Å²) in [5.74, 6) is -0.120. The number of aliphatic hydroxyl groups excluding tert-OH is 1. The van der Waals surface area contributed by atoms with Crippen LogP contribution in [-0.2, 0) is 0 Å². The Morgan fingerprint density at radius 3 is 2.78 bits per heavy atom. The minimum atomic E-state index is -0.120. The monoisotopic (exact) mass is 331 g/mol. The number of carbonyl (C=O) groups is 1. The van der Waals surface area contributed by atoms with E-state index in [2.05, 4.69) is 21.2 Å². The lowest BCUT2D eigenvalue weighted by Crippen LogP contribution is -2.41. The van der Waals surface area contributed by atoms with E-state index < -0.39 is 0 Å². The molecule has 18 heavy (non-hydrogen) atoms. The fourth-order valence-corrected chi connectivity index (χ4v) is 2.71. The Kier molecular flexibility index (Phi) is 6.18. The molecule has 1 aromatic rings. The molecule has 0 aliphatic rings. The van der Waals surface area contributed by atoms with Gasteiger partial charge in [-0.25, -0.2) is 0 Å². The van der Waals surface area contributed by atoms with Crippen LogP contribution in [-0.4, -0.2) is 35.2 Å². The molecule has 0 spiro atoms. The highest BCUT2D eigenvalue weighted by molar-refractivity contribution is 9.10. The van der Waals surface area contributed by atoms with Crippen molar-refractivity contribution in [3.05, 3.63) is 33.8 Å². The maximum atomic E-state index is 12.1. The van der Waals surface area contributed by atoms with Crippen molar-refractivity contribution in [3.63, 3.8) is 0 Å². The lowest BCUT2D eigenvalue weighted by atomic mass is 10.1. The van der Waals surface area contributed by atoms with Gasteiger partial charge in [-0.2, -0.15) is 11.8 Å². The van der Waals surface area contributed by atoms with Crippen LogP contribution in [0.4, 0.5) is 0 Å². The van der Waals surface area contributed by atoms with Crippen LogP contribution in [0.3, 0.4) is 0 Å². The van der Waals surface area contributed by atoms with Gasteiger partial charge in [0.1, 0.15) is 0 Å². The van der Waals surface area contributed by atoms with Crippen molar-refractivity contribution in [2.24, 2.45) is 0 Å². The van der Waals surface area contributed by atoms with Crippen molar-refractivity contribution < 1.29 is 9.90 Å². The predicted molar refractivity (Wildman–Crippen MR) is 80.2 cm³/mol. The maximum absolute atomic E-state index is 12.1. The number of hydrogen-bond donors (Lipinski definition) is 2. The summed E-state index contributed by atoms with van der Waals surface area (Å²) in [6.07, 6.45) is 1.92. The minimum absolute atomic E-state index is 0.0116. The van der Waals surface area contributed by atoms with E-state index in [0.717, 1.165) is 10.0 Å². The van der Waals surface area contributed by atoms with E-state index in [1.165, 1.54) is 0 Å². The number of nitrogens with one attached hydrogen (secondary N) is 1. The molecule has 0 fully saturated rings. The Balaban J connectivity index is 2.79. The van der Waals surface area contributed by atoms with E-state index in [1.54, 1.807) is 17.8 Å². The summed E-state index contributed by atoms with van der Waals surface area (Å²) in [6.45, 7) is 3.90. The fourth-order valence-electron chi connectivity index (χ4n) is 1.64. The van der Waals surface area contributed by atoms with Crippen LogP contribution < -0.4 is 5.32 Å². The minimum Gasteiger partial charge on any atom is -0.395 e. The molecule has 3 nitrogen and oxygen atoms in total. The molecular formula is C13H18BrNO2S. The normalized spacial score (nSPS) is 14.1. The van der Waals surface area contributed by atoms with Crippen LogP contribution in [0.15, 0.2) is 22.7 Å². The van der Waals surface area contributed by atoms with E-state index in [4.69, 9.17) is 0 Å². The third-order valence-electron chi connectivity index (χ3n) is 2.84. The molecule has 1 aromatic carbocycles. The van der Waals surface area contributed by atoms with Gasteiger partial charge in [0.05, 0.1) is 12.2 Å². The molecule has 0 aliphatic heterocycles. The highest BCUT2D eigenvalue weighted by Gasteiger charge is 2.19. The Morgan fingerprint density at radius 2 is 2.22 bits per heavy atom. The lowest BCUT2D eigenvalue weighted by molar-refractivity contribution is 0.0935. The summed E-state index contributed by atoms with van der Waals surface area (Å²) in [4.78, 5) is 12.1. The first-order chi connectivity index (χ1) is 8.51. The Morgan fingerprint density at radius 1 is 1.56 bits per heavy atom. The van der Waals surface area contributed by atoms with Crippen LogP contribution in [0, 0.1) is 6.92 Å². The van der Waals surface area contributed by atoms with Crippen molar-refractivity contribution in [1.29, 1.82) is 0 Å². The van der Waals surface area contributed by atoms with Crippen molar-refractivity contribution in [2.45, 2.75) is 25.1 Å². The second-order valence-electron chi connectivity index (χ2n) is 4.16. The van der Waals surface area contributed by atoms with Crippen molar-refractivity contribution in [1.82, 2.24) is 5.32 Å². The molecule has 2 atom stereocenters. The first-order valence-electron chi connectivity index (χ1n) is 5.70. The standard InChI is InChI=1S/C13H18BrNO2S/c1-8-5-4-6-10(12(8)14)13(17)15-9(2)11(7-16)18-3/h4-6,9,11,16H,7H2,1-3H3,(H,15,17). The number of hydrogen-bond acceptors (Lipinski definition) is 3. The summed E-state index contributed by atoms with van der Waals surface area (Å²) in [5.41, 5.74) is 1.65. The van der Waals surface area contributed by atoms with Gasteiger partial charge in [-0.15, -0.1) is 0 Å². The van der Waals surface area contributed by atoms with E-state index in [0.29, 0.717) is 5.56 Å². The van der Waals surface area contributed by atoms with Crippen LogP contribution in [0.1, 0.15) is 22.8 Å². The molecule has 2 unspecified atom stereocenters. The van der Waals surface area contributed by atoms with Crippen LogP contribution in [0.25, 0.3) is 0 Å². The first kappa shape index (κ1) is 15.5. The van der Waals surface area contributed by atoms with E-state index in [9.17, 15) is 9.90 Å². The summed E-state index contributed by atoms with van der Waals surface area (Å²) in [6, 6.07) is 5.51. The third-order valence-corrected chi connectivity index (χ3v) is 5.05. The number of thioether (sulfide) groups is 1. The molecule has 100 valence electrons. The number of carbonyl (C=O) groups excluding carboxylic acids is 1. The fraction of sp³-hybridized carbons (Fsp3) is 0.462. The molecule has 5 heteroatoms. The predicted octanol–water partition coefficient (Wildman–Crippen LogP) is 2.60. The zero-order chi connectivity index (χ0) is 13.7. The number of rotatable bonds is 5. The summed E-state index contributed by atoms with van der Waals surface area (Å²) < 4.78 is 0.819. The molecule has 0 heterocycles. The molecule has 1 rings (SSSR count). The van der Waals surface area contributed by atoms with E-state index in [1.807, 2.05) is 32.2 Å². The SMILES string of the molecule is CSC(CO)C(C)NC(=O)c1cccc(C)c1Br. The average Bonchev–Trinajstić information content (AvgIpc) is 2.34. The summed E-state index contributed by atoms with van der Waals surface area (Å²) >= 11 is 4.97. The van der Waals surface area contributed by atoms with Gasteiger partial charge in [0.15, 0.2) is 0 Å². The van der Waals surface area contributed by atoms with Gasteiger partial charge in [0, 0.05) is 15.8 Å². The topological polar surface area (TPSA) is 49.3 Å². The smallest absolute Gasteiger partial charge is 0.252 e. The number of halogens is 1. The second-order valence-corrected chi connectivity index (χ2v) is 6.03. The number of amides is 1. The quantitative estimate of drug-likeness (QED) is 0.871. The Bertz CT molecular complexity index is 421. The number of aryl methyl sites for hydroxylation is 1. The summed E-state index contributed by atoms with van der Waals surface area (Å²) in [7, 11) is 0. The van der Waals surface area contributed by atoms with Gasteiger partial charge >= 0.3 is 0 Å². The molecule has 0 saturated heterocycles. The highest BCUT2D eigenvalue weighted by atomic mass is 79.9. The molecule has 0 radical (unpaired) electrons. The molecule has 2 N–H and O–H groups in total. The van der Waals surface area contributed by atoms with E-state index >= 15 is 0 Å². The van der Waals surface area contributed by atoms with Gasteiger partial charge in [0.2, 0.25) is 0 Å². The first-order valence-corrected chi connectivity index (χ1v) is 7.79. The van der Waals surface area contributed by atoms with Gasteiger partial charge in [-0.05, 0) is 47.7 Å². The van der Waals surface area contributed by atoms with Gasteiger partial charge in [-0.1, -0.05) is 12.1 Å². The van der Waals surface area contributed by atoms with Crippen LogP contribution in [0.2, 0.25) is 0 Å². The van der Waals surface area contributed by atoms with Crippen LogP contribution in [0.5, 0.6) is 0 Å². The molecule has 0 bridgehead atoms. The largest absolute Gasteiger partial charge is 0.395 e. The van der Waals surface area contributed by atoms with Crippen molar-refractivity contribution in [2.75, 3.05) is 12.9 Å². The van der Waals surface area contributed by atoms with Gasteiger partial charge < -0.3 is 10.4 Å². The number of aliphatic hydroxyl groups is 1. The third kappa shape index (κ3) is 3.73. The van der Waals surface area contributed by atoms with Gasteiger partial charge in [0.25, 0.3) is 5.91 Å². The molecule has 1 amide bonds. The zero-order valence-electron chi connectivity index (χ0n) is 10.7. The maximum Gasteiger partial charge on any atom is 0.252 e. The average molecular weight is 332 g/mol. The van der Waals surface area contributed by atoms with Crippen LogP contribution >= 0.6 is 27.7 Å². The Hall–Kier alpha value is -0.520. The van der Waals surface area contributed by atoms with Gasteiger partial charge in [-0.3, -0.25) is 4.79 Å². The molecule has 0 aromatic heterocycles. The van der Waals surface area contributed by atoms with Crippen molar-refractivity contribution in [3.8, 4) is 0 Å². The van der Waals surface area contributed by atoms with Crippen molar-refractivity contribution >= 4 is 33.6 Å². The highest BCUT2D eigenvalue weighted by Crippen LogP contribution is 2.21. The zero-order valence-corrected chi connectivity index (χ0v) is 13.1. The summed E-state index contributed by atoms with van der Waals surface area (Å²) in [5, 5.41) is 12.1. The lowest BCUT2D eigenvalue weighted by Gasteiger charge is -2.21. The van der Waals surface area contributed by atoms with E-state index in [-0.39, 0.29) is 23.8 Å². The molecule has 0 aliphatic carbocycles.